The highest BCUT2D eigenvalue weighted by Crippen LogP contribution is 2.31. The van der Waals surface area contributed by atoms with Gasteiger partial charge in [0, 0.05) is 31.0 Å². The predicted octanol–water partition coefficient (Wildman–Crippen LogP) is 2.65. The molecule has 1 aliphatic heterocycles. The Labute approximate surface area is 186 Å². The number of ether oxygens (including phenoxy) is 1. The summed E-state index contributed by atoms with van der Waals surface area (Å²) in [5, 5.41) is 12.2. The molecule has 0 radical (unpaired) electrons. The zero-order valence-corrected chi connectivity index (χ0v) is 17.9. The van der Waals surface area contributed by atoms with E-state index in [9.17, 15) is 14.3 Å². The fraction of sp³-hybridized carbons (Fsp3) is 0.318. The minimum Gasteiger partial charge on any atom is -0.394 e. The van der Waals surface area contributed by atoms with Crippen LogP contribution in [0.5, 0.6) is 0 Å². The lowest BCUT2D eigenvalue weighted by Crippen LogP contribution is -2.39. The molecule has 4 aromatic rings. The van der Waals surface area contributed by atoms with E-state index in [0.717, 1.165) is 23.1 Å². The summed E-state index contributed by atoms with van der Waals surface area (Å²) in [5.41, 5.74) is 8.28. The summed E-state index contributed by atoms with van der Waals surface area (Å²) in [6.45, 7) is 1.05. The Hall–Kier alpha value is -2.92. The molecule has 5 rings (SSSR count). The number of benzene rings is 1. The summed E-state index contributed by atoms with van der Waals surface area (Å²) in [7, 11) is 0. The van der Waals surface area contributed by atoms with Crippen molar-refractivity contribution < 1.29 is 19.0 Å². The zero-order chi connectivity index (χ0) is 22.2. The van der Waals surface area contributed by atoms with Crippen molar-refractivity contribution >= 4 is 32.4 Å². The third-order valence-electron chi connectivity index (χ3n) is 5.66. The van der Waals surface area contributed by atoms with Gasteiger partial charge in [-0.15, -0.1) is 0 Å². The molecule has 166 valence electrons. The molecule has 4 heterocycles. The van der Waals surface area contributed by atoms with E-state index in [1.807, 2.05) is 4.40 Å². The van der Waals surface area contributed by atoms with Crippen molar-refractivity contribution in [2.24, 2.45) is 5.73 Å². The molecule has 3 aromatic heterocycles. The maximum atomic E-state index is 14.7. The molecule has 1 amide bonds. The fourth-order valence-corrected chi connectivity index (χ4v) is 4.85. The van der Waals surface area contributed by atoms with Gasteiger partial charge in [0.2, 0.25) is 0 Å². The largest absolute Gasteiger partial charge is 0.394 e. The smallest absolute Gasteiger partial charge is 0.270 e. The summed E-state index contributed by atoms with van der Waals surface area (Å²) in [6, 6.07) is 5.87. The lowest BCUT2D eigenvalue weighted by atomic mass is 10.0. The highest BCUT2D eigenvalue weighted by atomic mass is 32.1. The van der Waals surface area contributed by atoms with Crippen LogP contribution >= 0.6 is 11.3 Å². The maximum Gasteiger partial charge on any atom is 0.270 e. The van der Waals surface area contributed by atoms with Gasteiger partial charge in [0.15, 0.2) is 4.96 Å². The Morgan fingerprint density at radius 1 is 1.38 bits per heavy atom. The number of carbonyl (C=O) groups excluding carboxylic acids is 1. The number of pyridine rings is 1. The van der Waals surface area contributed by atoms with Crippen LogP contribution in [0.1, 0.15) is 34.9 Å². The molecular formula is C22H22FN5O3S. The molecule has 0 spiro atoms. The highest BCUT2D eigenvalue weighted by molar-refractivity contribution is 7.23. The van der Waals surface area contributed by atoms with E-state index < -0.39 is 11.9 Å². The molecule has 1 atom stereocenters. The first-order valence-corrected chi connectivity index (χ1v) is 11.2. The van der Waals surface area contributed by atoms with Crippen molar-refractivity contribution in [1.82, 2.24) is 19.7 Å². The first-order valence-electron chi connectivity index (χ1n) is 10.4. The second-order valence-corrected chi connectivity index (χ2v) is 8.82. The number of nitrogens with one attached hydrogen (secondary N) is 1. The average Bonchev–Trinajstić information content (AvgIpc) is 3.36. The Morgan fingerprint density at radius 3 is 2.94 bits per heavy atom. The van der Waals surface area contributed by atoms with Crippen molar-refractivity contribution in [3.63, 3.8) is 0 Å². The number of thiazole rings is 1. The van der Waals surface area contributed by atoms with Crippen molar-refractivity contribution in [1.29, 1.82) is 0 Å². The topological polar surface area (TPSA) is 115 Å². The molecular weight excluding hydrogens is 433 g/mol. The summed E-state index contributed by atoms with van der Waals surface area (Å²) in [4.78, 5) is 22.2. The van der Waals surface area contributed by atoms with Gasteiger partial charge in [0.1, 0.15) is 11.5 Å². The quantitative estimate of drug-likeness (QED) is 0.426. The van der Waals surface area contributed by atoms with Gasteiger partial charge in [-0.1, -0.05) is 17.4 Å². The summed E-state index contributed by atoms with van der Waals surface area (Å²) >= 11 is 1.41. The third-order valence-corrected chi connectivity index (χ3v) is 6.68. The lowest BCUT2D eigenvalue weighted by Gasteiger charge is -2.22. The van der Waals surface area contributed by atoms with Crippen LogP contribution in [0.2, 0.25) is 0 Å². The number of rotatable bonds is 5. The minimum atomic E-state index is -0.628. The van der Waals surface area contributed by atoms with E-state index in [0.29, 0.717) is 40.7 Å². The first-order chi connectivity index (χ1) is 15.5. The van der Waals surface area contributed by atoms with Gasteiger partial charge in [-0.2, -0.15) is 0 Å². The lowest BCUT2D eigenvalue weighted by molar-refractivity contribution is 0.0694. The van der Waals surface area contributed by atoms with Crippen LogP contribution in [0.3, 0.4) is 0 Å². The number of carbonyl (C=O) groups is 1. The van der Waals surface area contributed by atoms with Crippen molar-refractivity contribution in [2.75, 3.05) is 19.8 Å². The number of fused-ring (bicyclic) bond motifs is 3. The van der Waals surface area contributed by atoms with E-state index in [1.165, 1.54) is 17.4 Å². The summed E-state index contributed by atoms with van der Waals surface area (Å²) in [6.07, 6.45) is 4.99. The van der Waals surface area contributed by atoms with Gasteiger partial charge in [0.25, 0.3) is 5.91 Å². The number of hydrogen-bond acceptors (Lipinski definition) is 7. The van der Waals surface area contributed by atoms with E-state index in [-0.39, 0.29) is 18.6 Å². The Morgan fingerprint density at radius 2 is 2.19 bits per heavy atom. The van der Waals surface area contributed by atoms with Gasteiger partial charge in [-0.25, -0.2) is 14.4 Å². The SMILES string of the molecule is NC(CO)c1ccc(-c2cn3c(n2)sc2cc(C(=O)NC4CCOCC4)ncc23)c(F)c1. The minimum absolute atomic E-state index is 0.102. The standard InChI is InChI=1S/C22H22FN5O3S/c23-15-7-12(16(24)11-29)1-2-14(15)18-10-28-19-9-25-17(8-20(19)32-22(28)27-18)21(30)26-13-3-5-31-6-4-13/h1-2,7-10,13,16,29H,3-6,11,24H2,(H,26,30). The summed E-state index contributed by atoms with van der Waals surface area (Å²) in [5.74, 6) is -0.652. The second kappa shape index (κ2) is 8.55. The van der Waals surface area contributed by atoms with E-state index in [2.05, 4.69) is 15.3 Å². The molecule has 10 heteroatoms. The Kier molecular flexibility index (Phi) is 5.60. The number of imidazole rings is 1. The molecule has 1 aliphatic rings. The molecule has 1 aromatic carbocycles. The number of aromatic nitrogens is 3. The number of aliphatic hydroxyl groups excluding tert-OH is 1. The Balaban J connectivity index is 1.42. The molecule has 1 unspecified atom stereocenters. The number of nitrogens with zero attached hydrogens (tertiary/aromatic N) is 3. The monoisotopic (exact) mass is 455 g/mol. The third kappa shape index (κ3) is 3.86. The van der Waals surface area contributed by atoms with Crippen molar-refractivity contribution in [3.05, 3.63) is 53.7 Å². The van der Waals surface area contributed by atoms with E-state index in [1.54, 1.807) is 30.6 Å². The molecule has 0 aliphatic carbocycles. The number of hydrogen-bond donors (Lipinski definition) is 3. The van der Waals surface area contributed by atoms with Gasteiger partial charge in [-0.3, -0.25) is 9.20 Å². The van der Waals surface area contributed by atoms with Gasteiger partial charge in [0.05, 0.1) is 34.8 Å². The number of halogens is 1. The molecule has 8 nitrogen and oxygen atoms in total. The predicted molar refractivity (Wildman–Crippen MR) is 119 cm³/mol. The molecule has 1 fully saturated rings. The van der Waals surface area contributed by atoms with Crippen LogP contribution in [0.25, 0.3) is 26.4 Å². The molecule has 1 saturated heterocycles. The fourth-order valence-electron chi connectivity index (χ4n) is 3.83. The molecule has 32 heavy (non-hydrogen) atoms. The van der Waals surface area contributed by atoms with Crippen LogP contribution in [0.4, 0.5) is 4.39 Å². The van der Waals surface area contributed by atoms with Crippen LogP contribution in [0.15, 0.2) is 36.7 Å². The van der Waals surface area contributed by atoms with E-state index >= 15 is 0 Å². The first kappa shape index (κ1) is 21.0. The van der Waals surface area contributed by atoms with Crippen LogP contribution in [0, 0.1) is 5.82 Å². The van der Waals surface area contributed by atoms with E-state index in [4.69, 9.17) is 10.5 Å². The highest BCUT2D eigenvalue weighted by Gasteiger charge is 2.20. The number of aliphatic hydroxyl groups is 1. The van der Waals surface area contributed by atoms with Crippen LogP contribution in [-0.4, -0.2) is 51.2 Å². The molecule has 0 bridgehead atoms. The zero-order valence-electron chi connectivity index (χ0n) is 17.1. The van der Waals surface area contributed by atoms with Crippen molar-refractivity contribution in [3.8, 4) is 11.3 Å². The maximum absolute atomic E-state index is 14.7. The number of nitrogens with two attached hydrogens (primary N) is 1. The van der Waals surface area contributed by atoms with Crippen LogP contribution in [-0.2, 0) is 4.74 Å². The van der Waals surface area contributed by atoms with Gasteiger partial charge in [-0.05, 0) is 36.6 Å². The average molecular weight is 456 g/mol. The summed E-state index contributed by atoms with van der Waals surface area (Å²) < 4.78 is 22.7. The van der Waals surface area contributed by atoms with Gasteiger partial charge < -0.3 is 20.9 Å². The second-order valence-electron chi connectivity index (χ2n) is 7.81. The normalized spacial score (nSPS) is 16.0. The van der Waals surface area contributed by atoms with Crippen molar-refractivity contribution in [2.45, 2.75) is 24.9 Å². The van der Waals surface area contributed by atoms with Gasteiger partial charge >= 0.3 is 0 Å². The van der Waals surface area contributed by atoms with Crippen LogP contribution < -0.4 is 11.1 Å². The number of amides is 1. The molecule has 0 saturated carbocycles. The Bertz CT molecular complexity index is 1300. The molecule has 4 N–H and O–H groups in total.